The van der Waals surface area contributed by atoms with E-state index in [1.807, 2.05) is 0 Å². The van der Waals surface area contributed by atoms with Crippen molar-refractivity contribution >= 4 is 0 Å². The fourth-order valence-corrected chi connectivity index (χ4v) is 0.602. The van der Waals surface area contributed by atoms with Crippen LogP contribution in [0.25, 0.3) is 0 Å². The van der Waals surface area contributed by atoms with Crippen molar-refractivity contribution < 1.29 is 4.74 Å². The van der Waals surface area contributed by atoms with Crippen LogP contribution in [0.1, 0.15) is 0 Å². The molecule has 5 nitrogen and oxygen atoms in total. The number of nitrogens with one attached hydrogen (secondary N) is 1. The molecule has 0 unspecified atom stereocenters. The molecule has 0 aliphatic heterocycles. The maximum absolute atomic E-state index is 10.9. The number of rotatable bonds is 3. The lowest BCUT2D eigenvalue weighted by molar-refractivity contribution is 0.322. The Kier molecular flexibility index (Phi) is 2.62. The monoisotopic (exact) mass is 155 g/mol. The van der Waals surface area contributed by atoms with Crippen molar-refractivity contribution in [2.45, 2.75) is 0 Å². The molecule has 1 heterocycles. The first-order chi connectivity index (χ1) is 5.34. The molecule has 0 fully saturated rings. The van der Waals surface area contributed by atoms with Gasteiger partial charge in [0.1, 0.15) is 6.61 Å². The second-order valence-corrected chi connectivity index (χ2v) is 1.88. The highest BCUT2D eigenvalue weighted by Crippen LogP contribution is 1.95. The van der Waals surface area contributed by atoms with Crippen LogP contribution in [0.3, 0.4) is 0 Å². The number of aromatic amines is 1. The molecule has 0 aromatic carbocycles. The average Bonchev–Trinajstić information content (AvgIpc) is 2.03. The number of H-pyrrole nitrogens is 1. The first-order valence-electron chi connectivity index (χ1n) is 3.20. The van der Waals surface area contributed by atoms with Gasteiger partial charge in [-0.05, 0) is 0 Å². The van der Waals surface area contributed by atoms with Crippen LogP contribution < -0.4 is 16.0 Å². The normalized spacial score (nSPS) is 9.55. The molecule has 0 aliphatic carbocycles. The Morgan fingerprint density at radius 2 is 2.55 bits per heavy atom. The standard InChI is InChI=1S/C6H9N3O2/c7-1-2-11-5-3-8-4-9-6(5)10/h3-4H,1-2,7H2,(H,8,9,10). The summed E-state index contributed by atoms with van der Waals surface area (Å²) < 4.78 is 4.95. The molecule has 1 aromatic rings. The molecule has 11 heavy (non-hydrogen) atoms. The summed E-state index contributed by atoms with van der Waals surface area (Å²) in [6.45, 7) is 0.711. The van der Waals surface area contributed by atoms with Gasteiger partial charge in [0.2, 0.25) is 5.75 Å². The van der Waals surface area contributed by atoms with E-state index in [2.05, 4.69) is 9.97 Å². The lowest BCUT2D eigenvalue weighted by atomic mass is 10.6. The number of ether oxygens (including phenoxy) is 1. The summed E-state index contributed by atoms with van der Waals surface area (Å²) in [7, 11) is 0. The minimum absolute atomic E-state index is 0.206. The Bertz CT molecular complexity index is 271. The summed E-state index contributed by atoms with van der Waals surface area (Å²) in [5.41, 5.74) is 4.88. The maximum atomic E-state index is 10.9. The van der Waals surface area contributed by atoms with E-state index in [1.165, 1.54) is 12.5 Å². The summed E-state index contributed by atoms with van der Waals surface area (Å²) >= 11 is 0. The van der Waals surface area contributed by atoms with Gasteiger partial charge in [0, 0.05) is 6.54 Å². The molecule has 0 saturated carbocycles. The van der Waals surface area contributed by atoms with Crippen LogP contribution in [-0.4, -0.2) is 23.1 Å². The molecule has 1 aromatic heterocycles. The van der Waals surface area contributed by atoms with E-state index in [0.717, 1.165) is 0 Å². The topological polar surface area (TPSA) is 81.0 Å². The Morgan fingerprint density at radius 3 is 3.18 bits per heavy atom. The zero-order valence-corrected chi connectivity index (χ0v) is 5.91. The Labute approximate surface area is 63.2 Å². The Morgan fingerprint density at radius 1 is 1.73 bits per heavy atom. The number of nitrogens with zero attached hydrogens (tertiary/aromatic N) is 1. The van der Waals surface area contributed by atoms with Gasteiger partial charge in [0.05, 0.1) is 12.5 Å². The summed E-state index contributed by atoms with van der Waals surface area (Å²) in [5.74, 6) is 0.206. The first kappa shape index (κ1) is 7.74. The lowest BCUT2D eigenvalue weighted by Gasteiger charge is -2.00. The number of nitrogens with two attached hydrogens (primary N) is 1. The van der Waals surface area contributed by atoms with Gasteiger partial charge in [-0.3, -0.25) is 4.79 Å². The second-order valence-electron chi connectivity index (χ2n) is 1.88. The molecule has 0 spiro atoms. The molecule has 3 N–H and O–H groups in total. The maximum Gasteiger partial charge on any atom is 0.293 e. The average molecular weight is 155 g/mol. The minimum Gasteiger partial charge on any atom is -0.485 e. The Hall–Kier alpha value is -1.36. The zero-order chi connectivity index (χ0) is 8.10. The fourth-order valence-electron chi connectivity index (χ4n) is 0.602. The molecule has 0 saturated heterocycles. The van der Waals surface area contributed by atoms with Gasteiger partial charge in [0.15, 0.2) is 0 Å². The van der Waals surface area contributed by atoms with Crippen molar-refractivity contribution in [3.8, 4) is 5.75 Å². The molecule has 0 amide bonds. The molecular weight excluding hydrogens is 146 g/mol. The smallest absolute Gasteiger partial charge is 0.293 e. The van der Waals surface area contributed by atoms with Gasteiger partial charge in [0.25, 0.3) is 5.56 Å². The van der Waals surface area contributed by atoms with E-state index in [9.17, 15) is 4.79 Å². The SMILES string of the molecule is NCCOc1cnc[nH]c1=O. The van der Waals surface area contributed by atoms with Crippen molar-refractivity contribution in [2.75, 3.05) is 13.2 Å². The van der Waals surface area contributed by atoms with E-state index in [4.69, 9.17) is 10.5 Å². The predicted octanol–water partition coefficient (Wildman–Crippen LogP) is -0.893. The first-order valence-corrected chi connectivity index (χ1v) is 3.20. The third-order valence-corrected chi connectivity index (χ3v) is 1.06. The van der Waals surface area contributed by atoms with Crippen LogP contribution >= 0.6 is 0 Å². The van der Waals surface area contributed by atoms with E-state index in [0.29, 0.717) is 13.2 Å². The van der Waals surface area contributed by atoms with Crippen LogP contribution in [0.2, 0.25) is 0 Å². The van der Waals surface area contributed by atoms with Gasteiger partial charge in [-0.15, -0.1) is 0 Å². The van der Waals surface area contributed by atoms with Crippen molar-refractivity contribution in [3.63, 3.8) is 0 Å². The van der Waals surface area contributed by atoms with Crippen LogP contribution in [0.5, 0.6) is 5.75 Å². The van der Waals surface area contributed by atoms with Gasteiger partial charge in [-0.2, -0.15) is 0 Å². The van der Waals surface area contributed by atoms with Gasteiger partial charge in [-0.25, -0.2) is 4.98 Å². The molecule has 0 aliphatic rings. The summed E-state index contributed by atoms with van der Waals surface area (Å²) in [5, 5.41) is 0. The predicted molar refractivity (Wildman–Crippen MR) is 39.4 cm³/mol. The van der Waals surface area contributed by atoms with Crippen molar-refractivity contribution in [3.05, 3.63) is 22.9 Å². The molecular formula is C6H9N3O2. The van der Waals surface area contributed by atoms with E-state index in [1.54, 1.807) is 0 Å². The highest BCUT2D eigenvalue weighted by molar-refractivity contribution is 5.10. The number of hydrogen-bond donors (Lipinski definition) is 2. The fraction of sp³-hybridized carbons (Fsp3) is 0.333. The van der Waals surface area contributed by atoms with Gasteiger partial charge in [-0.1, -0.05) is 0 Å². The highest BCUT2D eigenvalue weighted by Gasteiger charge is 1.96. The van der Waals surface area contributed by atoms with Crippen LogP contribution in [0, 0.1) is 0 Å². The largest absolute Gasteiger partial charge is 0.485 e. The van der Waals surface area contributed by atoms with Gasteiger partial charge >= 0.3 is 0 Å². The molecule has 0 radical (unpaired) electrons. The van der Waals surface area contributed by atoms with Crippen molar-refractivity contribution in [1.82, 2.24) is 9.97 Å². The number of hydrogen-bond acceptors (Lipinski definition) is 4. The van der Waals surface area contributed by atoms with Crippen molar-refractivity contribution in [1.29, 1.82) is 0 Å². The molecule has 0 bridgehead atoms. The third-order valence-electron chi connectivity index (χ3n) is 1.06. The molecule has 5 heteroatoms. The van der Waals surface area contributed by atoms with Crippen LogP contribution in [0.4, 0.5) is 0 Å². The van der Waals surface area contributed by atoms with Crippen molar-refractivity contribution in [2.24, 2.45) is 5.73 Å². The summed E-state index contributed by atoms with van der Waals surface area (Å²) in [6, 6.07) is 0. The van der Waals surface area contributed by atoms with E-state index >= 15 is 0 Å². The zero-order valence-electron chi connectivity index (χ0n) is 5.91. The van der Waals surface area contributed by atoms with Gasteiger partial charge < -0.3 is 15.5 Å². The van der Waals surface area contributed by atoms with Crippen LogP contribution in [0.15, 0.2) is 17.3 Å². The van der Waals surface area contributed by atoms with E-state index in [-0.39, 0.29) is 11.3 Å². The lowest BCUT2D eigenvalue weighted by Crippen LogP contribution is -2.16. The van der Waals surface area contributed by atoms with E-state index < -0.39 is 0 Å². The number of aromatic nitrogens is 2. The Balaban J connectivity index is 2.70. The molecule has 0 atom stereocenters. The third kappa shape index (κ3) is 2.05. The van der Waals surface area contributed by atoms with Crippen LogP contribution in [-0.2, 0) is 0 Å². The summed E-state index contributed by atoms with van der Waals surface area (Å²) in [6.07, 6.45) is 2.66. The summed E-state index contributed by atoms with van der Waals surface area (Å²) in [4.78, 5) is 16.9. The molecule has 1 rings (SSSR count). The second kappa shape index (κ2) is 3.72. The highest BCUT2D eigenvalue weighted by atomic mass is 16.5. The molecule has 60 valence electrons. The quantitative estimate of drug-likeness (QED) is 0.593. The minimum atomic E-state index is -0.284.